The molecule has 6 heteroatoms. The Morgan fingerprint density at radius 2 is 2.32 bits per heavy atom. The Labute approximate surface area is 119 Å². The molecule has 0 atom stereocenters. The second-order valence-electron chi connectivity index (χ2n) is 4.23. The number of aromatic nitrogens is 3. The lowest BCUT2D eigenvalue weighted by molar-refractivity contribution is 0.419. The molecule has 3 rings (SSSR count). The molecule has 0 saturated carbocycles. The van der Waals surface area contributed by atoms with Crippen LogP contribution in [0.1, 0.15) is 10.6 Å². The molecule has 1 aromatic carbocycles. The van der Waals surface area contributed by atoms with Crippen molar-refractivity contribution in [1.29, 1.82) is 0 Å². The summed E-state index contributed by atoms with van der Waals surface area (Å²) in [6.07, 6.45) is 0. The lowest BCUT2D eigenvalue weighted by atomic mass is 10.3. The molecule has 0 unspecified atom stereocenters. The first-order chi connectivity index (χ1) is 9.20. The molecule has 2 aromatic heterocycles. The summed E-state index contributed by atoms with van der Waals surface area (Å²) in [6, 6.07) is 5.94. The van der Waals surface area contributed by atoms with Crippen molar-refractivity contribution in [3.8, 4) is 5.75 Å². The van der Waals surface area contributed by atoms with Crippen molar-refractivity contribution in [3.63, 3.8) is 0 Å². The highest BCUT2D eigenvalue weighted by Crippen LogP contribution is 2.26. The number of rotatable bonds is 3. The molecule has 0 fully saturated rings. The quantitative estimate of drug-likeness (QED) is 0.751. The third kappa shape index (κ3) is 2.06. The predicted molar refractivity (Wildman–Crippen MR) is 79.6 cm³/mol. The van der Waals surface area contributed by atoms with Gasteiger partial charge in [-0.25, -0.2) is 4.98 Å². The number of H-pyrrole nitrogens is 1. The summed E-state index contributed by atoms with van der Waals surface area (Å²) >= 11 is 7.06. The Balaban J connectivity index is 2.16. The first-order valence-corrected chi connectivity index (χ1v) is 7.14. The zero-order valence-corrected chi connectivity index (χ0v) is 12.3. The van der Waals surface area contributed by atoms with Gasteiger partial charge in [0.15, 0.2) is 4.77 Å². The third-order valence-electron chi connectivity index (χ3n) is 3.14. The summed E-state index contributed by atoms with van der Waals surface area (Å²) in [5.41, 5.74) is 4.92. The normalized spacial score (nSPS) is 11.1. The standard InChI is InChI=1S/C13H13N3OS2/c1-8-11(19-7-14-8)6-16-9-4-3-5-10(17-2)12(9)15-13(16)18/h3-5,7H,6H2,1-2H3,(H,15,18). The van der Waals surface area contributed by atoms with Crippen molar-refractivity contribution in [2.24, 2.45) is 0 Å². The van der Waals surface area contributed by atoms with E-state index in [1.165, 1.54) is 4.88 Å². The van der Waals surface area contributed by atoms with E-state index in [1.54, 1.807) is 18.4 Å². The van der Waals surface area contributed by atoms with E-state index in [0.717, 1.165) is 29.0 Å². The number of aromatic amines is 1. The lowest BCUT2D eigenvalue weighted by Gasteiger charge is -2.04. The molecule has 0 saturated heterocycles. The minimum absolute atomic E-state index is 0.701. The van der Waals surface area contributed by atoms with E-state index < -0.39 is 0 Å². The van der Waals surface area contributed by atoms with Gasteiger partial charge in [0.2, 0.25) is 0 Å². The molecule has 0 aliphatic rings. The molecule has 1 N–H and O–H groups in total. The van der Waals surface area contributed by atoms with Crippen molar-refractivity contribution in [1.82, 2.24) is 14.5 Å². The number of fused-ring (bicyclic) bond motifs is 1. The van der Waals surface area contributed by atoms with Gasteiger partial charge in [-0.3, -0.25) is 0 Å². The summed E-state index contributed by atoms with van der Waals surface area (Å²) in [5.74, 6) is 0.809. The van der Waals surface area contributed by atoms with Crippen LogP contribution in [0, 0.1) is 11.7 Å². The highest BCUT2D eigenvalue weighted by atomic mass is 32.1. The summed E-state index contributed by atoms with van der Waals surface area (Å²) in [7, 11) is 1.66. The molecule has 0 aliphatic carbocycles. The molecule has 0 radical (unpaired) electrons. The van der Waals surface area contributed by atoms with Crippen LogP contribution in [0.25, 0.3) is 11.0 Å². The van der Waals surface area contributed by atoms with Crippen LogP contribution in [0.3, 0.4) is 0 Å². The molecule has 0 spiro atoms. The average Bonchev–Trinajstić information content (AvgIpc) is 2.95. The number of benzene rings is 1. The van der Waals surface area contributed by atoms with Crippen molar-refractivity contribution in [2.45, 2.75) is 13.5 Å². The maximum absolute atomic E-state index is 5.41. The molecule has 98 valence electrons. The molecular formula is C13H13N3OS2. The second kappa shape index (κ2) is 4.79. The fourth-order valence-corrected chi connectivity index (χ4v) is 3.13. The Kier molecular flexibility index (Phi) is 3.12. The molecule has 0 amide bonds. The van der Waals surface area contributed by atoms with Gasteiger partial charge in [-0.2, -0.15) is 0 Å². The number of hydrogen-bond acceptors (Lipinski definition) is 4. The molecule has 0 aliphatic heterocycles. The molecule has 4 nitrogen and oxygen atoms in total. The van der Waals surface area contributed by atoms with Gasteiger partial charge in [-0.15, -0.1) is 11.3 Å². The van der Waals surface area contributed by atoms with Crippen LogP contribution >= 0.6 is 23.6 Å². The minimum Gasteiger partial charge on any atom is -0.494 e. The summed E-state index contributed by atoms with van der Waals surface area (Å²) in [6.45, 7) is 2.76. The topological polar surface area (TPSA) is 42.8 Å². The van der Waals surface area contributed by atoms with E-state index >= 15 is 0 Å². The fraction of sp³-hybridized carbons (Fsp3) is 0.231. The molecule has 3 aromatic rings. The lowest BCUT2D eigenvalue weighted by Crippen LogP contribution is -1.99. The molecule has 19 heavy (non-hydrogen) atoms. The van der Waals surface area contributed by atoms with Gasteiger partial charge in [-0.05, 0) is 31.3 Å². The van der Waals surface area contributed by atoms with Crippen LogP contribution < -0.4 is 4.74 Å². The maximum atomic E-state index is 5.41. The average molecular weight is 291 g/mol. The van der Waals surface area contributed by atoms with E-state index in [2.05, 4.69) is 14.5 Å². The Morgan fingerprint density at radius 1 is 1.47 bits per heavy atom. The van der Waals surface area contributed by atoms with Gasteiger partial charge in [0.25, 0.3) is 0 Å². The van der Waals surface area contributed by atoms with Crippen LogP contribution in [-0.2, 0) is 6.54 Å². The number of hydrogen-bond donors (Lipinski definition) is 1. The van der Waals surface area contributed by atoms with Gasteiger partial charge >= 0.3 is 0 Å². The zero-order valence-electron chi connectivity index (χ0n) is 10.6. The van der Waals surface area contributed by atoms with Gasteiger partial charge in [0.1, 0.15) is 11.3 Å². The largest absolute Gasteiger partial charge is 0.494 e. The van der Waals surface area contributed by atoms with E-state index in [0.29, 0.717) is 4.77 Å². The number of aryl methyl sites for hydroxylation is 1. The predicted octanol–water partition coefficient (Wildman–Crippen LogP) is 3.52. The number of methoxy groups -OCH3 is 1. The summed E-state index contributed by atoms with van der Waals surface area (Å²) < 4.78 is 8.13. The SMILES string of the molecule is COc1cccc2c1[nH]c(=S)n2Cc1scnc1C. The smallest absolute Gasteiger partial charge is 0.178 e. The van der Waals surface area contributed by atoms with Crippen molar-refractivity contribution < 1.29 is 4.74 Å². The monoisotopic (exact) mass is 291 g/mol. The van der Waals surface area contributed by atoms with Gasteiger partial charge in [0.05, 0.1) is 30.4 Å². The van der Waals surface area contributed by atoms with E-state index in [9.17, 15) is 0 Å². The van der Waals surface area contributed by atoms with E-state index in [4.69, 9.17) is 17.0 Å². The van der Waals surface area contributed by atoms with Crippen LogP contribution in [0.4, 0.5) is 0 Å². The van der Waals surface area contributed by atoms with E-state index in [1.807, 2.05) is 30.6 Å². The highest BCUT2D eigenvalue weighted by Gasteiger charge is 2.10. The van der Waals surface area contributed by atoms with E-state index in [-0.39, 0.29) is 0 Å². The van der Waals surface area contributed by atoms with Crippen molar-refractivity contribution in [2.75, 3.05) is 7.11 Å². The van der Waals surface area contributed by atoms with Gasteiger partial charge in [-0.1, -0.05) is 6.07 Å². The second-order valence-corrected chi connectivity index (χ2v) is 5.56. The number of nitrogens with one attached hydrogen (secondary N) is 1. The van der Waals surface area contributed by atoms with Gasteiger partial charge < -0.3 is 14.3 Å². The molecular weight excluding hydrogens is 278 g/mol. The zero-order chi connectivity index (χ0) is 13.4. The molecule has 0 bridgehead atoms. The number of para-hydroxylation sites is 1. The number of ether oxygens (including phenoxy) is 1. The van der Waals surface area contributed by atoms with Crippen molar-refractivity contribution in [3.05, 3.63) is 39.1 Å². The Morgan fingerprint density at radius 3 is 3.00 bits per heavy atom. The van der Waals surface area contributed by atoms with Gasteiger partial charge in [0, 0.05) is 4.88 Å². The minimum atomic E-state index is 0.701. The fourth-order valence-electron chi connectivity index (χ4n) is 2.10. The maximum Gasteiger partial charge on any atom is 0.178 e. The Hall–Kier alpha value is -1.66. The third-order valence-corrected chi connectivity index (χ3v) is 4.38. The van der Waals surface area contributed by atoms with Crippen LogP contribution in [0.2, 0.25) is 0 Å². The van der Waals surface area contributed by atoms with Crippen LogP contribution in [-0.4, -0.2) is 21.6 Å². The number of nitrogens with zero attached hydrogens (tertiary/aromatic N) is 2. The van der Waals surface area contributed by atoms with Crippen LogP contribution in [0.5, 0.6) is 5.75 Å². The molecule has 2 heterocycles. The summed E-state index contributed by atoms with van der Waals surface area (Å²) in [5, 5.41) is 0. The number of thiazole rings is 1. The van der Waals surface area contributed by atoms with Crippen LogP contribution in [0.15, 0.2) is 23.7 Å². The first kappa shape index (κ1) is 12.4. The number of imidazole rings is 1. The van der Waals surface area contributed by atoms with Crippen molar-refractivity contribution >= 4 is 34.6 Å². The highest BCUT2D eigenvalue weighted by molar-refractivity contribution is 7.71. The first-order valence-electron chi connectivity index (χ1n) is 5.85. The Bertz CT molecular complexity index is 785. The summed E-state index contributed by atoms with van der Waals surface area (Å²) in [4.78, 5) is 8.71.